The average Bonchev–Trinajstić information content (AvgIpc) is 2.83. The molecule has 200 valence electrons. The third-order valence-corrected chi connectivity index (χ3v) is 14.5. The number of aryl methyl sites for hydroxylation is 1. The summed E-state index contributed by atoms with van der Waals surface area (Å²) in [6.45, 7) is 12.4. The van der Waals surface area contributed by atoms with Gasteiger partial charge < -0.3 is 13.9 Å². The number of ether oxygens (including phenoxy) is 2. The fraction of sp³-hybridized carbons (Fsp3) is 0.538. The number of benzene rings is 2. The lowest BCUT2D eigenvalue weighted by molar-refractivity contribution is 0.0730. The highest BCUT2D eigenvalue weighted by Gasteiger charge is 2.38. The van der Waals surface area contributed by atoms with Gasteiger partial charge in [0.05, 0.1) is 37.0 Å². The van der Waals surface area contributed by atoms with Crippen LogP contribution in [0, 0.1) is 0 Å². The van der Waals surface area contributed by atoms with Crippen molar-refractivity contribution in [3.8, 4) is 5.75 Å². The summed E-state index contributed by atoms with van der Waals surface area (Å²) in [6.07, 6.45) is 0.976. The Labute approximate surface area is 227 Å². The van der Waals surface area contributed by atoms with Crippen molar-refractivity contribution in [2.75, 3.05) is 33.4 Å². The second-order valence-electron chi connectivity index (χ2n) is 10.6. The molecular weight excluding hydrogens is 537 g/mol. The van der Waals surface area contributed by atoms with Gasteiger partial charge in [0.2, 0.25) is 10.0 Å². The van der Waals surface area contributed by atoms with Crippen molar-refractivity contribution in [2.24, 2.45) is 0 Å². The lowest BCUT2D eigenvalue weighted by atomic mass is 10.0. The van der Waals surface area contributed by atoms with E-state index in [0.29, 0.717) is 42.2 Å². The summed E-state index contributed by atoms with van der Waals surface area (Å²) in [5, 5.41) is 0.589. The van der Waals surface area contributed by atoms with E-state index in [1.165, 1.54) is 4.31 Å². The first kappa shape index (κ1) is 29.4. The molecule has 1 saturated heterocycles. The number of methoxy groups -OCH3 is 1. The van der Waals surface area contributed by atoms with Crippen molar-refractivity contribution in [2.45, 2.75) is 63.2 Å². The molecule has 0 N–H and O–H groups in total. The Kier molecular flexibility index (Phi) is 9.58. The van der Waals surface area contributed by atoms with E-state index >= 15 is 0 Å². The van der Waals surface area contributed by atoms with Gasteiger partial charge in [-0.2, -0.15) is 4.31 Å². The number of nitrogens with zero attached hydrogens (tertiary/aromatic N) is 1. The lowest BCUT2D eigenvalue weighted by Crippen LogP contribution is -2.41. The van der Waals surface area contributed by atoms with Crippen LogP contribution in [0.5, 0.6) is 5.75 Å². The maximum absolute atomic E-state index is 13.7. The van der Waals surface area contributed by atoms with Gasteiger partial charge in [-0.15, -0.1) is 0 Å². The molecule has 0 amide bonds. The van der Waals surface area contributed by atoms with E-state index in [0.717, 1.165) is 11.3 Å². The first-order valence-electron chi connectivity index (χ1n) is 12.1. The summed E-state index contributed by atoms with van der Waals surface area (Å²) < 4.78 is 46.0. The molecule has 0 aliphatic carbocycles. The van der Waals surface area contributed by atoms with Crippen LogP contribution in [0.4, 0.5) is 0 Å². The number of rotatable bonds is 9. The summed E-state index contributed by atoms with van der Waals surface area (Å²) in [5.41, 5.74) is 2.24. The molecule has 0 radical (unpaired) electrons. The minimum atomic E-state index is -3.87. The van der Waals surface area contributed by atoms with Crippen molar-refractivity contribution in [1.29, 1.82) is 0 Å². The predicted molar refractivity (Wildman–Crippen MR) is 148 cm³/mol. The molecule has 36 heavy (non-hydrogen) atoms. The number of sulfonamides is 1. The molecule has 1 fully saturated rings. The third kappa shape index (κ3) is 6.65. The maximum Gasteiger partial charge on any atom is 0.245 e. The van der Waals surface area contributed by atoms with E-state index in [1.54, 1.807) is 13.2 Å². The van der Waals surface area contributed by atoms with Crippen LogP contribution in [0.3, 0.4) is 0 Å². The van der Waals surface area contributed by atoms with Gasteiger partial charge in [-0.3, -0.25) is 0 Å². The highest BCUT2D eigenvalue weighted by Crippen LogP contribution is 2.40. The summed E-state index contributed by atoms with van der Waals surface area (Å²) in [7, 11) is -4.31. The van der Waals surface area contributed by atoms with Crippen LogP contribution in [0.2, 0.25) is 28.2 Å². The van der Waals surface area contributed by atoms with Crippen LogP contribution in [0.15, 0.2) is 35.2 Å². The van der Waals surface area contributed by atoms with E-state index in [1.807, 2.05) is 24.3 Å². The van der Waals surface area contributed by atoms with Gasteiger partial charge >= 0.3 is 0 Å². The van der Waals surface area contributed by atoms with Crippen LogP contribution >= 0.6 is 23.2 Å². The van der Waals surface area contributed by atoms with E-state index < -0.39 is 18.3 Å². The van der Waals surface area contributed by atoms with E-state index in [2.05, 4.69) is 33.9 Å². The zero-order valence-corrected chi connectivity index (χ0v) is 25.3. The summed E-state index contributed by atoms with van der Waals surface area (Å²) in [4.78, 5) is 0.0787. The van der Waals surface area contributed by atoms with Crippen molar-refractivity contribution in [3.63, 3.8) is 0 Å². The van der Waals surface area contributed by atoms with Gasteiger partial charge in [-0.25, -0.2) is 8.42 Å². The van der Waals surface area contributed by atoms with Gasteiger partial charge in [0.15, 0.2) is 8.32 Å². The highest BCUT2D eigenvalue weighted by atomic mass is 35.5. The Balaban J connectivity index is 2.03. The molecule has 0 aromatic heterocycles. The third-order valence-electron chi connectivity index (χ3n) is 7.10. The van der Waals surface area contributed by atoms with Gasteiger partial charge in [0.25, 0.3) is 0 Å². The number of halogens is 2. The Morgan fingerprint density at radius 3 is 2.36 bits per heavy atom. The molecule has 3 rings (SSSR count). The van der Waals surface area contributed by atoms with Crippen LogP contribution in [-0.2, 0) is 38.6 Å². The van der Waals surface area contributed by atoms with Crippen molar-refractivity contribution in [1.82, 2.24) is 4.31 Å². The minimum absolute atomic E-state index is 0.0259. The SMILES string of the molecule is COc1cccc(CCc2c(Cl)c(CO[Si](C)(C)C(C)(C)C)cc(Cl)c2S(=O)(=O)N2CCOCC2)c1. The summed E-state index contributed by atoms with van der Waals surface area (Å²) in [5.74, 6) is 0.745. The number of hydrogen-bond acceptors (Lipinski definition) is 5. The number of morpholine rings is 1. The van der Waals surface area contributed by atoms with Gasteiger partial charge in [0, 0.05) is 13.1 Å². The highest BCUT2D eigenvalue weighted by molar-refractivity contribution is 7.89. The van der Waals surface area contributed by atoms with Crippen LogP contribution in [0.25, 0.3) is 0 Å². The second kappa shape index (κ2) is 11.7. The smallest absolute Gasteiger partial charge is 0.245 e. The second-order valence-corrected chi connectivity index (χ2v) is 18.0. The largest absolute Gasteiger partial charge is 0.497 e. The molecule has 1 heterocycles. The Morgan fingerprint density at radius 1 is 1.08 bits per heavy atom. The van der Waals surface area contributed by atoms with Gasteiger partial charge in [-0.05, 0) is 65.9 Å². The standard InChI is InChI=1S/C26H37Cl2NO5SSi/c1-26(2,3)36(5,6)34-18-20-17-23(27)25(35(30,31)29-12-14-33-15-13-29)22(24(20)28)11-10-19-8-7-9-21(16-19)32-4/h7-9,16-17H,10-15,18H2,1-6H3. The molecule has 0 saturated carbocycles. The molecule has 0 bridgehead atoms. The lowest BCUT2D eigenvalue weighted by Gasteiger charge is -2.36. The normalized spacial score (nSPS) is 15.8. The molecule has 10 heteroatoms. The Bertz CT molecular complexity index is 1180. The Hall–Kier alpha value is -1.13. The zero-order chi connectivity index (χ0) is 26.7. The first-order valence-corrected chi connectivity index (χ1v) is 17.2. The van der Waals surface area contributed by atoms with E-state index in [-0.39, 0.29) is 34.7 Å². The molecule has 1 aliphatic rings. The van der Waals surface area contributed by atoms with E-state index in [9.17, 15) is 8.42 Å². The molecule has 0 unspecified atom stereocenters. The predicted octanol–water partition coefficient (Wildman–Crippen LogP) is 6.33. The number of hydrogen-bond donors (Lipinski definition) is 0. The quantitative estimate of drug-likeness (QED) is 0.328. The van der Waals surface area contributed by atoms with Gasteiger partial charge in [0.1, 0.15) is 10.6 Å². The molecule has 0 atom stereocenters. The van der Waals surface area contributed by atoms with Crippen LogP contribution in [0.1, 0.15) is 37.5 Å². The van der Waals surface area contributed by atoms with Crippen molar-refractivity contribution >= 4 is 41.5 Å². The molecule has 0 spiro atoms. The fourth-order valence-corrected chi connectivity index (χ4v) is 7.37. The molecule has 6 nitrogen and oxygen atoms in total. The monoisotopic (exact) mass is 573 g/mol. The van der Waals surface area contributed by atoms with Crippen molar-refractivity contribution in [3.05, 3.63) is 57.1 Å². The van der Waals surface area contributed by atoms with Gasteiger partial charge in [-0.1, -0.05) is 56.1 Å². The van der Waals surface area contributed by atoms with Crippen LogP contribution in [-0.4, -0.2) is 54.5 Å². The average molecular weight is 575 g/mol. The summed E-state index contributed by atoms with van der Waals surface area (Å²) in [6, 6.07) is 9.37. The van der Waals surface area contributed by atoms with Crippen molar-refractivity contribution < 1.29 is 22.3 Å². The fourth-order valence-electron chi connectivity index (χ4n) is 3.81. The zero-order valence-electron chi connectivity index (χ0n) is 22.0. The van der Waals surface area contributed by atoms with Crippen LogP contribution < -0.4 is 4.74 Å². The topological polar surface area (TPSA) is 65.1 Å². The first-order chi connectivity index (χ1) is 16.8. The molecule has 1 aliphatic heterocycles. The molecule has 2 aromatic carbocycles. The molecular formula is C26H37Cl2NO5SSi. The van der Waals surface area contributed by atoms with E-state index in [4.69, 9.17) is 37.1 Å². The summed E-state index contributed by atoms with van der Waals surface area (Å²) >= 11 is 13.7. The maximum atomic E-state index is 13.7. The Morgan fingerprint density at radius 2 is 1.75 bits per heavy atom. The molecule has 2 aromatic rings. The minimum Gasteiger partial charge on any atom is -0.497 e.